The maximum absolute atomic E-state index is 11.7. The highest BCUT2D eigenvalue weighted by atomic mass is 32.2. The number of anilines is 2. The number of sulfonamides is 1. The molecule has 0 bridgehead atoms. The van der Waals surface area contributed by atoms with E-state index in [0.29, 0.717) is 16.9 Å². The number of carbonyl (C=O) groups excluding carboxylic acids is 1. The number of nitrogens with two attached hydrogens (primary N) is 1. The number of amides is 1. The van der Waals surface area contributed by atoms with Gasteiger partial charge in [0, 0.05) is 13.1 Å². The van der Waals surface area contributed by atoms with Crippen LogP contribution >= 0.6 is 0 Å². The zero-order chi connectivity index (χ0) is 15.5. The van der Waals surface area contributed by atoms with Gasteiger partial charge in [0.1, 0.15) is 0 Å². The summed E-state index contributed by atoms with van der Waals surface area (Å²) in [6, 6.07) is 4.85. The Bertz CT molecular complexity index is 622. The summed E-state index contributed by atoms with van der Waals surface area (Å²) in [5.74, 6) is -0.496. The first-order chi connectivity index (χ1) is 9.93. The summed E-state index contributed by atoms with van der Waals surface area (Å²) in [5.41, 5.74) is 7.02. The van der Waals surface area contributed by atoms with Gasteiger partial charge in [-0.05, 0) is 44.4 Å². The van der Waals surface area contributed by atoms with E-state index in [1.165, 1.54) is 6.42 Å². The SMILES string of the molecule is CCS(=O)(=O)Nc1ccc(C(N)=O)c(N2CCCCC2)c1. The summed E-state index contributed by atoms with van der Waals surface area (Å²) in [7, 11) is -3.34. The number of nitrogens with zero attached hydrogens (tertiary/aromatic N) is 1. The molecule has 0 atom stereocenters. The molecule has 1 aliphatic heterocycles. The smallest absolute Gasteiger partial charge is 0.250 e. The van der Waals surface area contributed by atoms with Crippen LogP contribution in [0, 0.1) is 0 Å². The van der Waals surface area contributed by atoms with Crippen LogP contribution in [-0.2, 0) is 10.0 Å². The number of benzene rings is 1. The fraction of sp³-hybridized carbons (Fsp3) is 0.500. The van der Waals surface area contributed by atoms with E-state index in [4.69, 9.17) is 5.73 Å². The fourth-order valence-electron chi connectivity index (χ4n) is 2.45. The minimum absolute atomic E-state index is 0.00359. The van der Waals surface area contributed by atoms with Crippen LogP contribution in [0.4, 0.5) is 11.4 Å². The molecule has 0 aliphatic carbocycles. The van der Waals surface area contributed by atoms with E-state index in [1.54, 1.807) is 25.1 Å². The lowest BCUT2D eigenvalue weighted by Gasteiger charge is -2.30. The predicted octanol–water partition coefficient (Wildman–Crippen LogP) is 1.54. The van der Waals surface area contributed by atoms with Crippen LogP contribution in [0.3, 0.4) is 0 Å². The highest BCUT2D eigenvalue weighted by molar-refractivity contribution is 7.92. The fourth-order valence-corrected chi connectivity index (χ4v) is 3.08. The lowest BCUT2D eigenvalue weighted by Crippen LogP contribution is -2.31. The molecule has 1 amide bonds. The topological polar surface area (TPSA) is 92.5 Å². The van der Waals surface area contributed by atoms with Crippen molar-refractivity contribution in [2.75, 3.05) is 28.5 Å². The second-order valence-electron chi connectivity index (χ2n) is 5.15. The van der Waals surface area contributed by atoms with Gasteiger partial charge in [-0.25, -0.2) is 8.42 Å². The lowest BCUT2D eigenvalue weighted by atomic mass is 10.1. The summed E-state index contributed by atoms with van der Waals surface area (Å²) in [5, 5.41) is 0. The molecule has 0 radical (unpaired) electrons. The van der Waals surface area contributed by atoms with Crippen LogP contribution in [0.5, 0.6) is 0 Å². The van der Waals surface area contributed by atoms with E-state index in [-0.39, 0.29) is 5.75 Å². The molecule has 0 aromatic heterocycles. The predicted molar refractivity (Wildman–Crippen MR) is 84.1 cm³/mol. The number of nitrogens with one attached hydrogen (secondary N) is 1. The first-order valence-corrected chi connectivity index (χ1v) is 8.77. The largest absolute Gasteiger partial charge is 0.371 e. The normalized spacial score (nSPS) is 15.8. The van der Waals surface area contributed by atoms with Crippen LogP contribution in [0.25, 0.3) is 0 Å². The number of piperidine rings is 1. The molecular weight excluding hydrogens is 290 g/mol. The van der Waals surface area contributed by atoms with Gasteiger partial charge in [-0.1, -0.05) is 0 Å². The maximum atomic E-state index is 11.7. The van der Waals surface area contributed by atoms with E-state index in [9.17, 15) is 13.2 Å². The average Bonchev–Trinajstić information content (AvgIpc) is 2.47. The Morgan fingerprint density at radius 2 is 1.95 bits per heavy atom. The van der Waals surface area contributed by atoms with Crippen LogP contribution in [0.2, 0.25) is 0 Å². The summed E-state index contributed by atoms with van der Waals surface area (Å²) in [6.07, 6.45) is 3.29. The molecule has 1 heterocycles. The molecule has 0 saturated carbocycles. The monoisotopic (exact) mass is 311 g/mol. The maximum Gasteiger partial charge on any atom is 0.250 e. The Labute approximate surface area is 125 Å². The molecule has 21 heavy (non-hydrogen) atoms. The minimum Gasteiger partial charge on any atom is -0.371 e. The molecule has 1 aromatic carbocycles. The number of hydrogen-bond donors (Lipinski definition) is 2. The van der Waals surface area contributed by atoms with Crippen LogP contribution in [0.1, 0.15) is 36.5 Å². The molecule has 0 spiro atoms. The number of hydrogen-bond acceptors (Lipinski definition) is 4. The van der Waals surface area contributed by atoms with Crippen molar-refractivity contribution < 1.29 is 13.2 Å². The summed E-state index contributed by atoms with van der Waals surface area (Å²) >= 11 is 0. The molecule has 3 N–H and O–H groups in total. The third-order valence-electron chi connectivity index (χ3n) is 3.61. The van der Waals surface area contributed by atoms with Gasteiger partial charge in [-0.15, -0.1) is 0 Å². The molecule has 1 aliphatic rings. The van der Waals surface area contributed by atoms with Crippen molar-refractivity contribution in [2.45, 2.75) is 26.2 Å². The van der Waals surface area contributed by atoms with Gasteiger partial charge in [0.05, 0.1) is 22.7 Å². The molecule has 7 heteroatoms. The van der Waals surface area contributed by atoms with E-state index in [2.05, 4.69) is 9.62 Å². The summed E-state index contributed by atoms with van der Waals surface area (Å²) in [4.78, 5) is 13.7. The van der Waals surface area contributed by atoms with E-state index in [1.807, 2.05) is 0 Å². The molecule has 2 rings (SSSR count). The van der Waals surface area contributed by atoms with Gasteiger partial charge in [0.25, 0.3) is 5.91 Å². The molecule has 6 nitrogen and oxygen atoms in total. The van der Waals surface area contributed by atoms with Crippen LogP contribution in [0.15, 0.2) is 18.2 Å². The number of rotatable bonds is 5. The van der Waals surface area contributed by atoms with Crippen molar-refractivity contribution in [3.8, 4) is 0 Å². The van der Waals surface area contributed by atoms with Crippen LogP contribution < -0.4 is 15.4 Å². The van der Waals surface area contributed by atoms with E-state index in [0.717, 1.165) is 25.9 Å². The second kappa shape index (κ2) is 6.34. The Hall–Kier alpha value is -1.76. The molecule has 1 saturated heterocycles. The Morgan fingerprint density at radius 3 is 2.52 bits per heavy atom. The third kappa shape index (κ3) is 3.87. The zero-order valence-electron chi connectivity index (χ0n) is 12.1. The standard InChI is InChI=1S/C14H21N3O3S/c1-2-21(19,20)16-11-6-7-12(14(15)18)13(10-11)17-8-4-3-5-9-17/h6-7,10,16H,2-5,8-9H2,1H3,(H2,15,18). The molecule has 116 valence electrons. The van der Waals surface area contributed by atoms with Crippen molar-refractivity contribution >= 4 is 27.3 Å². The minimum atomic E-state index is -3.34. The highest BCUT2D eigenvalue weighted by Crippen LogP contribution is 2.28. The number of carbonyl (C=O) groups is 1. The van der Waals surface area contributed by atoms with Crippen molar-refractivity contribution in [1.82, 2.24) is 0 Å². The summed E-state index contributed by atoms with van der Waals surface area (Å²) in [6.45, 7) is 3.28. The van der Waals surface area contributed by atoms with Crippen molar-refractivity contribution in [3.05, 3.63) is 23.8 Å². The van der Waals surface area contributed by atoms with E-state index < -0.39 is 15.9 Å². The van der Waals surface area contributed by atoms with Crippen LogP contribution in [-0.4, -0.2) is 33.2 Å². The quantitative estimate of drug-likeness (QED) is 0.862. The third-order valence-corrected chi connectivity index (χ3v) is 4.92. The Kier molecular flexibility index (Phi) is 4.72. The van der Waals surface area contributed by atoms with Crippen molar-refractivity contribution in [3.63, 3.8) is 0 Å². The molecular formula is C14H21N3O3S. The second-order valence-corrected chi connectivity index (χ2v) is 7.16. The van der Waals surface area contributed by atoms with Crippen molar-refractivity contribution in [1.29, 1.82) is 0 Å². The Morgan fingerprint density at radius 1 is 1.29 bits per heavy atom. The first kappa shape index (κ1) is 15.6. The first-order valence-electron chi connectivity index (χ1n) is 7.12. The van der Waals surface area contributed by atoms with Crippen molar-refractivity contribution in [2.24, 2.45) is 5.73 Å². The van der Waals surface area contributed by atoms with Gasteiger partial charge in [0.15, 0.2) is 0 Å². The average molecular weight is 311 g/mol. The molecule has 0 unspecified atom stereocenters. The zero-order valence-corrected chi connectivity index (χ0v) is 12.9. The van der Waals surface area contributed by atoms with Gasteiger partial charge in [-0.3, -0.25) is 9.52 Å². The summed E-state index contributed by atoms with van der Waals surface area (Å²) < 4.78 is 25.8. The molecule has 1 fully saturated rings. The highest BCUT2D eigenvalue weighted by Gasteiger charge is 2.18. The Balaban J connectivity index is 2.36. The lowest BCUT2D eigenvalue weighted by molar-refractivity contribution is 0.100. The van der Waals surface area contributed by atoms with Gasteiger partial charge >= 0.3 is 0 Å². The van der Waals surface area contributed by atoms with E-state index >= 15 is 0 Å². The number of primary amides is 1. The van der Waals surface area contributed by atoms with Gasteiger partial charge in [-0.2, -0.15) is 0 Å². The van der Waals surface area contributed by atoms with Gasteiger partial charge in [0.2, 0.25) is 10.0 Å². The molecule has 1 aromatic rings. The van der Waals surface area contributed by atoms with Gasteiger partial charge < -0.3 is 10.6 Å².